The fourth-order valence-corrected chi connectivity index (χ4v) is 2.86. The number of hydrogen-bond donors (Lipinski definition) is 1. The van der Waals surface area contributed by atoms with Gasteiger partial charge in [0.1, 0.15) is 0 Å². The lowest BCUT2D eigenvalue weighted by molar-refractivity contribution is -0.149. The molecule has 1 amide bonds. The average Bonchev–Trinajstić information content (AvgIpc) is 2.61. The van der Waals surface area contributed by atoms with Crippen LogP contribution in [0.3, 0.4) is 0 Å². The molecule has 2 rings (SSSR count). The summed E-state index contributed by atoms with van der Waals surface area (Å²) in [7, 11) is 0. The number of rotatable bonds is 5. The van der Waals surface area contributed by atoms with Crippen molar-refractivity contribution in [3.63, 3.8) is 0 Å². The van der Waals surface area contributed by atoms with Gasteiger partial charge in [0.15, 0.2) is 0 Å². The first-order valence-electron chi connectivity index (χ1n) is 8.26. The Morgan fingerprint density at radius 2 is 2.12 bits per heavy atom. The number of nitriles is 1. The van der Waals surface area contributed by atoms with Crippen molar-refractivity contribution < 1.29 is 14.3 Å². The SMILES string of the molecule is CCOC(=O)C1CCN([C@H](C)C(=O)Nc2cccc(C#N)c2)CC1. The van der Waals surface area contributed by atoms with Gasteiger partial charge in [-0.1, -0.05) is 6.07 Å². The van der Waals surface area contributed by atoms with Crippen LogP contribution >= 0.6 is 0 Å². The van der Waals surface area contributed by atoms with Gasteiger partial charge in [0.2, 0.25) is 5.91 Å². The number of nitrogens with zero attached hydrogens (tertiary/aromatic N) is 2. The summed E-state index contributed by atoms with van der Waals surface area (Å²) < 4.78 is 5.06. The molecule has 1 aliphatic heterocycles. The van der Waals surface area contributed by atoms with Crippen LogP contribution in [0.1, 0.15) is 32.3 Å². The number of esters is 1. The molecule has 128 valence electrons. The molecule has 0 unspecified atom stereocenters. The molecule has 0 radical (unpaired) electrons. The van der Waals surface area contributed by atoms with Crippen LogP contribution in [-0.4, -0.2) is 42.5 Å². The molecule has 1 aliphatic rings. The summed E-state index contributed by atoms with van der Waals surface area (Å²) in [5.74, 6) is -0.314. The summed E-state index contributed by atoms with van der Waals surface area (Å²) in [4.78, 5) is 26.2. The first kappa shape index (κ1) is 18.0. The van der Waals surface area contributed by atoms with Crippen molar-refractivity contribution in [2.24, 2.45) is 5.92 Å². The van der Waals surface area contributed by atoms with Crippen LogP contribution in [0.4, 0.5) is 5.69 Å². The highest BCUT2D eigenvalue weighted by Gasteiger charge is 2.30. The van der Waals surface area contributed by atoms with Gasteiger partial charge < -0.3 is 10.1 Å². The standard InChI is InChI=1S/C18H23N3O3/c1-3-24-18(23)15-7-9-21(10-8-15)13(2)17(22)20-16-6-4-5-14(11-16)12-19/h4-6,11,13,15H,3,7-10H2,1-2H3,(H,20,22)/t13-/m1/s1. The number of anilines is 1. The van der Waals surface area contributed by atoms with Gasteiger partial charge in [-0.05, 0) is 58.0 Å². The average molecular weight is 329 g/mol. The summed E-state index contributed by atoms with van der Waals surface area (Å²) in [6, 6.07) is 8.61. The molecule has 1 aromatic carbocycles. The van der Waals surface area contributed by atoms with E-state index in [1.54, 1.807) is 31.2 Å². The van der Waals surface area contributed by atoms with Crippen molar-refractivity contribution in [3.05, 3.63) is 29.8 Å². The lowest BCUT2D eigenvalue weighted by atomic mass is 9.96. The third-order valence-corrected chi connectivity index (χ3v) is 4.34. The maximum absolute atomic E-state index is 12.4. The van der Waals surface area contributed by atoms with Gasteiger partial charge in [-0.3, -0.25) is 14.5 Å². The van der Waals surface area contributed by atoms with E-state index < -0.39 is 0 Å². The van der Waals surface area contributed by atoms with Crippen molar-refractivity contribution in [1.29, 1.82) is 5.26 Å². The minimum atomic E-state index is -0.293. The van der Waals surface area contributed by atoms with Gasteiger partial charge in [-0.15, -0.1) is 0 Å². The van der Waals surface area contributed by atoms with E-state index in [1.807, 2.05) is 6.92 Å². The van der Waals surface area contributed by atoms with Crippen LogP contribution in [0.5, 0.6) is 0 Å². The molecule has 0 spiro atoms. The first-order valence-corrected chi connectivity index (χ1v) is 8.26. The second-order valence-electron chi connectivity index (χ2n) is 5.92. The summed E-state index contributed by atoms with van der Waals surface area (Å²) in [6.45, 7) is 5.45. The van der Waals surface area contributed by atoms with Gasteiger partial charge in [0, 0.05) is 5.69 Å². The van der Waals surface area contributed by atoms with Crippen LogP contribution in [0.2, 0.25) is 0 Å². The van der Waals surface area contributed by atoms with E-state index in [2.05, 4.69) is 16.3 Å². The molecule has 1 fully saturated rings. The number of nitrogens with one attached hydrogen (secondary N) is 1. The third-order valence-electron chi connectivity index (χ3n) is 4.34. The van der Waals surface area contributed by atoms with Crippen LogP contribution in [0.15, 0.2) is 24.3 Å². The Labute approximate surface area is 142 Å². The molecule has 6 nitrogen and oxygen atoms in total. The number of likely N-dealkylation sites (tertiary alicyclic amines) is 1. The van der Waals surface area contributed by atoms with Crippen molar-refractivity contribution >= 4 is 17.6 Å². The quantitative estimate of drug-likeness (QED) is 0.837. The second kappa shape index (κ2) is 8.46. The molecule has 1 saturated heterocycles. The molecular formula is C18H23N3O3. The molecule has 1 heterocycles. The fraction of sp³-hybridized carbons (Fsp3) is 0.500. The molecule has 1 N–H and O–H groups in total. The van der Waals surface area contributed by atoms with E-state index in [0.29, 0.717) is 43.8 Å². The van der Waals surface area contributed by atoms with Gasteiger partial charge in [-0.25, -0.2) is 0 Å². The Bertz CT molecular complexity index is 631. The topological polar surface area (TPSA) is 82.4 Å². The lowest BCUT2D eigenvalue weighted by Crippen LogP contribution is -2.47. The zero-order valence-electron chi connectivity index (χ0n) is 14.1. The van der Waals surface area contributed by atoms with Crippen molar-refractivity contribution in [2.75, 3.05) is 25.0 Å². The van der Waals surface area contributed by atoms with Crippen LogP contribution in [0, 0.1) is 17.2 Å². The van der Waals surface area contributed by atoms with Gasteiger partial charge in [0.25, 0.3) is 0 Å². The first-order chi connectivity index (χ1) is 11.5. The minimum absolute atomic E-state index is 0.0660. The maximum atomic E-state index is 12.4. The normalized spacial score (nSPS) is 16.9. The van der Waals surface area contributed by atoms with Gasteiger partial charge >= 0.3 is 5.97 Å². The summed E-state index contributed by atoms with van der Waals surface area (Å²) in [5.41, 5.74) is 1.13. The van der Waals surface area contributed by atoms with Crippen molar-refractivity contribution in [2.45, 2.75) is 32.7 Å². The predicted octanol–water partition coefficient (Wildman–Crippen LogP) is 2.16. The number of carbonyl (C=O) groups excluding carboxylic acids is 2. The molecule has 24 heavy (non-hydrogen) atoms. The van der Waals surface area contributed by atoms with Crippen molar-refractivity contribution in [3.8, 4) is 6.07 Å². The molecule has 0 aliphatic carbocycles. The third kappa shape index (κ3) is 4.56. The summed E-state index contributed by atoms with van der Waals surface area (Å²) in [5, 5.41) is 11.8. The largest absolute Gasteiger partial charge is 0.466 e. The van der Waals surface area contributed by atoms with Crippen LogP contribution < -0.4 is 5.32 Å². The summed E-state index contributed by atoms with van der Waals surface area (Å²) in [6.07, 6.45) is 1.42. The van der Waals surface area contributed by atoms with Gasteiger partial charge in [-0.2, -0.15) is 5.26 Å². The minimum Gasteiger partial charge on any atom is -0.466 e. The number of ether oxygens (including phenoxy) is 1. The number of hydrogen-bond acceptors (Lipinski definition) is 5. The number of amides is 1. The van der Waals surface area contributed by atoms with E-state index in [0.717, 1.165) is 0 Å². The predicted molar refractivity (Wildman–Crippen MR) is 90.2 cm³/mol. The molecule has 0 aromatic heterocycles. The smallest absolute Gasteiger partial charge is 0.309 e. The number of piperidine rings is 1. The van der Waals surface area contributed by atoms with E-state index >= 15 is 0 Å². The highest BCUT2D eigenvalue weighted by molar-refractivity contribution is 5.94. The van der Waals surface area contributed by atoms with Crippen LogP contribution in [0.25, 0.3) is 0 Å². The molecule has 1 aromatic rings. The van der Waals surface area contributed by atoms with Crippen molar-refractivity contribution in [1.82, 2.24) is 4.90 Å². The summed E-state index contributed by atoms with van der Waals surface area (Å²) >= 11 is 0. The van der Waals surface area contributed by atoms with E-state index in [-0.39, 0.29) is 23.8 Å². The molecule has 6 heteroatoms. The van der Waals surface area contributed by atoms with E-state index in [4.69, 9.17) is 10.00 Å². The van der Waals surface area contributed by atoms with Gasteiger partial charge in [0.05, 0.1) is 30.2 Å². The molecule has 0 bridgehead atoms. The monoisotopic (exact) mass is 329 g/mol. The Balaban J connectivity index is 1.88. The Morgan fingerprint density at radius 3 is 2.75 bits per heavy atom. The zero-order chi connectivity index (χ0) is 17.5. The highest BCUT2D eigenvalue weighted by Crippen LogP contribution is 2.21. The Morgan fingerprint density at radius 1 is 1.42 bits per heavy atom. The van der Waals surface area contributed by atoms with E-state index in [1.165, 1.54) is 0 Å². The number of benzene rings is 1. The fourth-order valence-electron chi connectivity index (χ4n) is 2.86. The molecule has 0 saturated carbocycles. The van der Waals surface area contributed by atoms with Crippen LogP contribution in [-0.2, 0) is 14.3 Å². The lowest BCUT2D eigenvalue weighted by Gasteiger charge is -2.34. The second-order valence-corrected chi connectivity index (χ2v) is 5.92. The Kier molecular flexibility index (Phi) is 6.33. The molecule has 1 atom stereocenters. The highest BCUT2D eigenvalue weighted by atomic mass is 16.5. The maximum Gasteiger partial charge on any atom is 0.309 e. The molecular weight excluding hydrogens is 306 g/mol. The zero-order valence-corrected chi connectivity index (χ0v) is 14.1. The van der Waals surface area contributed by atoms with E-state index in [9.17, 15) is 9.59 Å². The number of carbonyl (C=O) groups is 2. The Hall–Kier alpha value is -2.39.